The van der Waals surface area contributed by atoms with Crippen molar-refractivity contribution >= 4 is 46.3 Å². The molecule has 5 rings (SSSR count). The Morgan fingerprint density at radius 1 is 1.03 bits per heavy atom. The smallest absolute Gasteiger partial charge is 0.300 e. The summed E-state index contributed by atoms with van der Waals surface area (Å²) in [4.78, 5) is 28.0. The number of halogens is 2. The van der Waals surface area contributed by atoms with E-state index in [4.69, 9.17) is 27.9 Å². The molecule has 2 aliphatic heterocycles. The van der Waals surface area contributed by atoms with Crippen molar-refractivity contribution in [3.05, 3.63) is 98.5 Å². The minimum absolute atomic E-state index is 0.0297. The number of carbonyl (C=O) groups is 2. The van der Waals surface area contributed by atoms with E-state index in [1.54, 1.807) is 30.3 Å². The first-order valence-corrected chi connectivity index (χ1v) is 11.7. The van der Waals surface area contributed by atoms with Gasteiger partial charge in [-0.3, -0.25) is 14.5 Å². The highest BCUT2D eigenvalue weighted by Gasteiger charge is 2.47. The molecule has 1 amide bonds. The first-order valence-electron chi connectivity index (χ1n) is 10.9. The highest BCUT2D eigenvalue weighted by molar-refractivity contribution is 6.52. The number of nitrogens with zero attached hydrogens (tertiary/aromatic N) is 1. The number of benzene rings is 3. The number of anilines is 1. The number of aliphatic hydroxyl groups is 1. The molecular weight excluding hydrogens is 473 g/mol. The monoisotopic (exact) mass is 493 g/mol. The summed E-state index contributed by atoms with van der Waals surface area (Å²) in [5, 5.41) is 12.0. The summed E-state index contributed by atoms with van der Waals surface area (Å²) in [6.07, 6.45) is 1.69. The summed E-state index contributed by atoms with van der Waals surface area (Å²) < 4.78 is 5.67. The van der Waals surface area contributed by atoms with E-state index in [0.29, 0.717) is 22.9 Å². The van der Waals surface area contributed by atoms with Gasteiger partial charge in [0, 0.05) is 11.3 Å². The summed E-state index contributed by atoms with van der Waals surface area (Å²) >= 11 is 12.3. The predicted octanol–water partition coefficient (Wildman–Crippen LogP) is 6.25. The third-order valence-electron chi connectivity index (χ3n) is 6.29. The van der Waals surface area contributed by atoms with Crippen molar-refractivity contribution in [1.29, 1.82) is 0 Å². The molecule has 0 aromatic heterocycles. The Bertz CT molecular complexity index is 1360. The first kappa shape index (κ1) is 22.5. The minimum atomic E-state index is -0.828. The second kappa shape index (κ2) is 8.82. The van der Waals surface area contributed by atoms with Crippen LogP contribution in [0.15, 0.2) is 66.2 Å². The SMILES string of the molecule is Cc1ccccc1C1/C(=C(\O)c2ccc3c(c2)CCCO3)C(=O)C(=O)N1c1ccc(Cl)c(Cl)c1. The molecule has 1 fully saturated rings. The van der Waals surface area contributed by atoms with E-state index in [-0.39, 0.29) is 16.4 Å². The van der Waals surface area contributed by atoms with Crippen LogP contribution in [0.3, 0.4) is 0 Å². The molecule has 0 radical (unpaired) electrons. The van der Waals surface area contributed by atoms with Crippen molar-refractivity contribution in [2.45, 2.75) is 25.8 Å². The van der Waals surface area contributed by atoms with E-state index in [9.17, 15) is 14.7 Å². The molecule has 0 spiro atoms. The molecular formula is C27H21Cl2NO4. The standard InChI is InChI=1S/C27H21Cl2NO4/c1-15-5-2-3-7-19(15)24-23(25(31)17-8-11-22-16(13-17)6-4-12-34-22)26(32)27(33)30(24)18-9-10-20(28)21(29)14-18/h2-3,5,7-11,13-14,24,31H,4,6,12H2,1H3/b25-23+. The van der Waals surface area contributed by atoms with Gasteiger partial charge in [-0.2, -0.15) is 0 Å². The van der Waals surface area contributed by atoms with Crippen LogP contribution in [-0.2, 0) is 16.0 Å². The number of amides is 1. The van der Waals surface area contributed by atoms with Crippen molar-refractivity contribution in [3.8, 4) is 5.75 Å². The number of aliphatic hydroxyl groups excluding tert-OH is 1. The van der Waals surface area contributed by atoms with Gasteiger partial charge < -0.3 is 9.84 Å². The molecule has 1 saturated heterocycles. The van der Waals surface area contributed by atoms with Gasteiger partial charge in [0.1, 0.15) is 11.5 Å². The minimum Gasteiger partial charge on any atom is -0.507 e. The number of rotatable bonds is 3. The lowest BCUT2D eigenvalue weighted by Gasteiger charge is -2.27. The molecule has 7 heteroatoms. The third kappa shape index (κ3) is 3.75. The topological polar surface area (TPSA) is 66.8 Å². The van der Waals surface area contributed by atoms with Crippen molar-refractivity contribution in [1.82, 2.24) is 0 Å². The van der Waals surface area contributed by atoms with Crippen LogP contribution in [0.4, 0.5) is 5.69 Å². The average molecular weight is 494 g/mol. The molecule has 5 nitrogen and oxygen atoms in total. The van der Waals surface area contributed by atoms with E-state index in [1.165, 1.54) is 4.90 Å². The van der Waals surface area contributed by atoms with Crippen LogP contribution in [0.5, 0.6) is 5.75 Å². The van der Waals surface area contributed by atoms with Crippen LogP contribution in [0, 0.1) is 6.92 Å². The molecule has 1 N–H and O–H groups in total. The highest BCUT2D eigenvalue weighted by atomic mass is 35.5. The second-order valence-electron chi connectivity index (χ2n) is 8.40. The van der Waals surface area contributed by atoms with Crippen LogP contribution >= 0.6 is 23.2 Å². The molecule has 2 aliphatic rings. The van der Waals surface area contributed by atoms with Gasteiger partial charge >= 0.3 is 0 Å². The number of hydrogen-bond acceptors (Lipinski definition) is 4. The Kier molecular flexibility index (Phi) is 5.84. The molecule has 34 heavy (non-hydrogen) atoms. The van der Waals surface area contributed by atoms with Gasteiger partial charge in [-0.1, -0.05) is 47.5 Å². The summed E-state index contributed by atoms with van der Waals surface area (Å²) in [5.74, 6) is -0.947. The van der Waals surface area contributed by atoms with Gasteiger partial charge in [0.05, 0.1) is 28.3 Å². The van der Waals surface area contributed by atoms with Crippen LogP contribution in [-0.4, -0.2) is 23.4 Å². The van der Waals surface area contributed by atoms with Crippen molar-refractivity contribution < 1.29 is 19.4 Å². The molecule has 0 aliphatic carbocycles. The normalized spacial score (nSPS) is 19.1. The van der Waals surface area contributed by atoms with Gasteiger partial charge in [0.15, 0.2) is 0 Å². The quantitative estimate of drug-likeness (QED) is 0.266. The molecule has 2 heterocycles. The van der Waals surface area contributed by atoms with Gasteiger partial charge in [0.2, 0.25) is 0 Å². The Balaban J connectivity index is 1.72. The molecule has 1 atom stereocenters. The molecule has 0 saturated carbocycles. The zero-order chi connectivity index (χ0) is 24.0. The first-order chi connectivity index (χ1) is 16.4. The zero-order valence-corrected chi connectivity index (χ0v) is 19.9. The Morgan fingerprint density at radius 2 is 1.82 bits per heavy atom. The third-order valence-corrected chi connectivity index (χ3v) is 7.03. The van der Waals surface area contributed by atoms with Crippen LogP contribution in [0.25, 0.3) is 5.76 Å². The van der Waals surface area contributed by atoms with Gasteiger partial charge in [-0.25, -0.2) is 0 Å². The predicted molar refractivity (Wildman–Crippen MR) is 133 cm³/mol. The zero-order valence-electron chi connectivity index (χ0n) is 18.3. The molecule has 3 aromatic carbocycles. The van der Waals surface area contributed by atoms with Gasteiger partial charge in [-0.05, 0) is 72.9 Å². The number of ether oxygens (including phenoxy) is 1. The van der Waals surface area contributed by atoms with Crippen molar-refractivity contribution in [3.63, 3.8) is 0 Å². The largest absolute Gasteiger partial charge is 0.507 e. The van der Waals surface area contributed by atoms with E-state index in [1.807, 2.05) is 37.3 Å². The van der Waals surface area contributed by atoms with Crippen molar-refractivity contribution in [2.24, 2.45) is 0 Å². The number of ketones is 1. The van der Waals surface area contributed by atoms with Gasteiger partial charge in [-0.15, -0.1) is 0 Å². The summed E-state index contributed by atoms with van der Waals surface area (Å²) in [6, 6.07) is 16.7. The maximum Gasteiger partial charge on any atom is 0.300 e. The number of hydrogen-bond donors (Lipinski definition) is 1. The lowest BCUT2D eigenvalue weighted by Crippen LogP contribution is -2.29. The molecule has 1 unspecified atom stereocenters. The fourth-order valence-electron chi connectivity index (χ4n) is 4.58. The lowest BCUT2D eigenvalue weighted by atomic mass is 9.91. The molecule has 3 aromatic rings. The Morgan fingerprint density at radius 3 is 2.59 bits per heavy atom. The van der Waals surface area contributed by atoms with E-state index >= 15 is 0 Å². The lowest BCUT2D eigenvalue weighted by molar-refractivity contribution is -0.132. The van der Waals surface area contributed by atoms with E-state index in [2.05, 4.69) is 0 Å². The van der Waals surface area contributed by atoms with Crippen molar-refractivity contribution in [2.75, 3.05) is 11.5 Å². The maximum absolute atomic E-state index is 13.3. The Labute approximate surface area is 207 Å². The second-order valence-corrected chi connectivity index (χ2v) is 9.21. The van der Waals surface area contributed by atoms with E-state index < -0.39 is 17.7 Å². The fourth-order valence-corrected chi connectivity index (χ4v) is 4.88. The molecule has 172 valence electrons. The highest BCUT2D eigenvalue weighted by Crippen LogP contribution is 2.44. The number of carbonyl (C=O) groups excluding carboxylic acids is 2. The Hall–Kier alpha value is -3.28. The number of aryl methyl sites for hydroxylation is 2. The number of fused-ring (bicyclic) bond motifs is 1. The van der Waals surface area contributed by atoms with E-state index in [0.717, 1.165) is 35.3 Å². The summed E-state index contributed by atoms with van der Waals surface area (Å²) in [7, 11) is 0. The van der Waals surface area contributed by atoms with Crippen LogP contribution in [0.1, 0.15) is 34.7 Å². The maximum atomic E-state index is 13.3. The summed E-state index contributed by atoms with van der Waals surface area (Å²) in [6.45, 7) is 2.56. The molecule has 0 bridgehead atoms. The van der Waals surface area contributed by atoms with Crippen LogP contribution < -0.4 is 9.64 Å². The average Bonchev–Trinajstić information content (AvgIpc) is 3.10. The number of Topliss-reactive ketones (excluding diaryl/α,β-unsaturated/α-hetero) is 1. The fraction of sp³-hybridized carbons (Fsp3) is 0.185. The summed E-state index contributed by atoms with van der Waals surface area (Å²) in [5.41, 5.74) is 3.49. The van der Waals surface area contributed by atoms with Gasteiger partial charge in [0.25, 0.3) is 11.7 Å². The van der Waals surface area contributed by atoms with Crippen LogP contribution in [0.2, 0.25) is 10.0 Å².